The fourth-order valence-corrected chi connectivity index (χ4v) is 3.58. The van der Waals surface area contributed by atoms with Crippen molar-refractivity contribution in [3.8, 4) is 11.5 Å². The van der Waals surface area contributed by atoms with Gasteiger partial charge in [0.25, 0.3) is 0 Å². The highest BCUT2D eigenvalue weighted by molar-refractivity contribution is 5.73. The molecule has 0 bridgehead atoms. The van der Waals surface area contributed by atoms with Gasteiger partial charge in [0.15, 0.2) is 11.5 Å². The van der Waals surface area contributed by atoms with Crippen molar-refractivity contribution in [3.05, 3.63) is 59.7 Å². The lowest BCUT2D eigenvalue weighted by Gasteiger charge is -2.34. The highest BCUT2D eigenvalue weighted by atomic mass is 16.5. The zero-order valence-electron chi connectivity index (χ0n) is 17.9. The van der Waals surface area contributed by atoms with Gasteiger partial charge in [0.05, 0.1) is 14.2 Å². The molecule has 0 aromatic heterocycles. The molecular formula is C23H32N4O3. The maximum Gasteiger partial charge on any atom is 0.315 e. The van der Waals surface area contributed by atoms with Crippen LogP contribution in [-0.4, -0.2) is 69.3 Å². The molecule has 0 aliphatic carbocycles. The highest BCUT2D eigenvalue weighted by Crippen LogP contribution is 2.27. The van der Waals surface area contributed by atoms with Crippen molar-refractivity contribution >= 4 is 6.03 Å². The van der Waals surface area contributed by atoms with Crippen molar-refractivity contribution in [2.75, 3.05) is 53.5 Å². The van der Waals surface area contributed by atoms with Crippen LogP contribution in [-0.2, 0) is 13.1 Å². The van der Waals surface area contributed by atoms with Crippen LogP contribution < -0.4 is 20.1 Å². The van der Waals surface area contributed by atoms with Gasteiger partial charge in [-0.1, -0.05) is 36.4 Å². The van der Waals surface area contributed by atoms with E-state index in [0.29, 0.717) is 24.6 Å². The van der Waals surface area contributed by atoms with Crippen LogP contribution in [0.25, 0.3) is 0 Å². The van der Waals surface area contributed by atoms with Crippen molar-refractivity contribution in [2.24, 2.45) is 0 Å². The zero-order valence-corrected chi connectivity index (χ0v) is 17.9. The molecule has 7 heteroatoms. The van der Waals surface area contributed by atoms with Crippen LogP contribution in [0, 0.1) is 0 Å². The lowest BCUT2D eigenvalue weighted by molar-refractivity contribution is 0.128. The molecule has 0 atom stereocenters. The molecule has 1 fully saturated rings. The topological polar surface area (TPSA) is 66.1 Å². The molecule has 30 heavy (non-hydrogen) atoms. The molecule has 162 valence electrons. The van der Waals surface area contributed by atoms with Gasteiger partial charge in [0, 0.05) is 52.4 Å². The van der Waals surface area contributed by atoms with E-state index in [4.69, 9.17) is 9.47 Å². The van der Waals surface area contributed by atoms with Crippen molar-refractivity contribution in [2.45, 2.75) is 13.1 Å². The van der Waals surface area contributed by atoms with Crippen LogP contribution in [0.2, 0.25) is 0 Å². The Balaban J connectivity index is 1.31. The molecule has 2 aromatic rings. The number of carbonyl (C=O) groups excluding carboxylic acids is 1. The Morgan fingerprint density at radius 1 is 0.867 bits per heavy atom. The second-order valence-electron chi connectivity index (χ2n) is 7.40. The minimum absolute atomic E-state index is 0.160. The average Bonchev–Trinajstić information content (AvgIpc) is 2.79. The van der Waals surface area contributed by atoms with Crippen molar-refractivity contribution < 1.29 is 14.3 Å². The third kappa shape index (κ3) is 6.64. The Labute approximate surface area is 179 Å². The van der Waals surface area contributed by atoms with Crippen LogP contribution in [0.5, 0.6) is 11.5 Å². The molecule has 3 rings (SSSR count). The highest BCUT2D eigenvalue weighted by Gasteiger charge is 2.16. The molecule has 0 saturated carbocycles. The van der Waals surface area contributed by atoms with Crippen LogP contribution >= 0.6 is 0 Å². The minimum atomic E-state index is -0.160. The predicted molar refractivity (Wildman–Crippen MR) is 118 cm³/mol. The third-order valence-corrected chi connectivity index (χ3v) is 5.33. The number of urea groups is 1. The Kier molecular flexibility index (Phi) is 8.35. The summed E-state index contributed by atoms with van der Waals surface area (Å²) in [4.78, 5) is 17.0. The first-order valence-corrected chi connectivity index (χ1v) is 10.4. The SMILES string of the molecule is COc1ccc(CNC(=O)NCCN2CCN(Cc3ccccc3)CC2)cc1OC. The quantitative estimate of drug-likeness (QED) is 0.662. The number of nitrogens with one attached hydrogen (secondary N) is 2. The van der Waals surface area contributed by atoms with E-state index in [9.17, 15) is 4.79 Å². The number of benzene rings is 2. The van der Waals surface area contributed by atoms with E-state index < -0.39 is 0 Å². The molecule has 7 nitrogen and oxygen atoms in total. The number of nitrogens with zero attached hydrogens (tertiary/aromatic N) is 2. The summed E-state index contributed by atoms with van der Waals surface area (Å²) < 4.78 is 10.5. The smallest absolute Gasteiger partial charge is 0.315 e. The number of piperazine rings is 1. The molecule has 1 heterocycles. The molecule has 0 radical (unpaired) electrons. The molecule has 1 saturated heterocycles. The second-order valence-corrected chi connectivity index (χ2v) is 7.40. The minimum Gasteiger partial charge on any atom is -0.493 e. The van der Waals surface area contributed by atoms with E-state index in [1.54, 1.807) is 14.2 Å². The summed E-state index contributed by atoms with van der Waals surface area (Å²) in [5, 5.41) is 5.83. The van der Waals surface area contributed by atoms with Crippen molar-refractivity contribution in [3.63, 3.8) is 0 Å². The van der Waals surface area contributed by atoms with Crippen LogP contribution in [0.1, 0.15) is 11.1 Å². The van der Waals surface area contributed by atoms with Gasteiger partial charge in [0.1, 0.15) is 0 Å². The molecule has 1 aliphatic rings. The van der Waals surface area contributed by atoms with E-state index in [0.717, 1.165) is 44.8 Å². The lowest BCUT2D eigenvalue weighted by atomic mass is 10.2. The van der Waals surface area contributed by atoms with Crippen LogP contribution in [0.3, 0.4) is 0 Å². The van der Waals surface area contributed by atoms with E-state index in [1.165, 1.54) is 5.56 Å². The van der Waals surface area contributed by atoms with Crippen LogP contribution in [0.4, 0.5) is 4.79 Å². The molecule has 0 unspecified atom stereocenters. The first-order valence-electron chi connectivity index (χ1n) is 10.4. The summed E-state index contributed by atoms with van der Waals surface area (Å²) in [6, 6.07) is 16.1. The number of amides is 2. The summed E-state index contributed by atoms with van der Waals surface area (Å²) in [5.41, 5.74) is 2.32. The summed E-state index contributed by atoms with van der Waals surface area (Å²) in [6.07, 6.45) is 0. The third-order valence-electron chi connectivity index (χ3n) is 5.33. The van der Waals surface area contributed by atoms with Gasteiger partial charge in [0.2, 0.25) is 0 Å². The van der Waals surface area contributed by atoms with Gasteiger partial charge in [-0.3, -0.25) is 9.80 Å². The number of rotatable bonds is 9. The summed E-state index contributed by atoms with van der Waals surface area (Å²) in [6.45, 7) is 7.11. The van der Waals surface area contributed by atoms with Crippen LogP contribution in [0.15, 0.2) is 48.5 Å². The first-order chi connectivity index (χ1) is 14.7. The van der Waals surface area contributed by atoms with Crippen molar-refractivity contribution in [1.82, 2.24) is 20.4 Å². The number of hydrogen-bond donors (Lipinski definition) is 2. The maximum absolute atomic E-state index is 12.1. The van der Waals surface area contributed by atoms with E-state index >= 15 is 0 Å². The number of methoxy groups -OCH3 is 2. The molecule has 2 amide bonds. The maximum atomic E-state index is 12.1. The van der Waals surface area contributed by atoms with Gasteiger partial charge >= 0.3 is 6.03 Å². The Hall–Kier alpha value is -2.77. The molecule has 2 N–H and O–H groups in total. The van der Waals surface area contributed by atoms with Gasteiger partial charge in [-0.2, -0.15) is 0 Å². The van der Waals surface area contributed by atoms with Gasteiger partial charge in [-0.05, 0) is 23.3 Å². The fourth-order valence-electron chi connectivity index (χ4n) is 3.58. The fraction of sp³-hybridized carbons (Fsp3) is 0.435. The Morgan fingerprint density at radius 3 is 2.27 bits per heavy atom. The standard InChI is InChI=1S/C23H32N4O3/c1-29-21-9-8-20(16-22(21)30-2)17-25-23(28)24-10-11-26-12-14-27(15-13-26)18-19-6-4-3-5-7-19/h3-9,16H,10-15,17-18H2,1-2H3,(H2,24,25,28). The summed E-state index contributed by atoms with van der Waals surface area (Å²) >= 11 is 0. The molecule has 2 aromatic carbocycles. The first kappa shape index (κ1) is 21.9. The lowest BCUT2D eigenvalue weighted by Crippen LogP contribution is -2.48. The largest absolute Gasteiger partial charge is 0.493 e. The second kappa shape index (κ2) is 11.4. The zero-order chi connectivity index (χ0) is 21.2. The van der Waals surface area contributed by atoms with E-state index in [-0.39, 0.29) is 6.03 Å². The normalized spacial score (nSPS) is 14.9. The van der Waals surface area contributed by atoms with Gasteiger partial charge < -0.3 is 20.1 Å². The Morgan fingerprint density at radius 2 is 1.57 bits per heavy atom. The molecule has 0 spiro atoms. The molecule has 1 aliphatic heterocycles. The summed E-state index contributed by atoms with van der Waals surface area (Å²) in [7, 11) is 3.20. The van der Waals surface area contributed by atoms with E-state index in [1.807, 2.05) is 18.2 Å². The molecular weight excluding hydrogens is 380 g/mol. The Bertz CT molecular complexity index is 792. The number of ether oxygens (including phenoxy) is 2. The summed E-state index contributed by atoms with van der Waals surface area (Å²) in [5.74, 6) is 1.33. The predicted octanol–water partition coefficient (Wildman–Crippen LogP) is 2.32. The van der Waals surface area contributed by atoms with Crippen molar-refractivity contribution in [1.29, 1.82) is 0 Å². The van der Waals surface area contributed by atoms with E-state index in [2.05, 4.69) is 50.8 Å². The number of carbonyl (C=O) groups is 1. The van der Waals surface area contributed by atoms with Gasteiger partial charge in [-0.25, -0.2) is 4.79 Å². The van der Waals surface area contributed by atoms with Gasteiger partial charge in [-0.15, -0.1) is 0 Å². The average molecular weight is 413 g/mol. The monoisotopic (exact) mass is 412 g/mol. The number of hydrogen-bond acceptors (Lipinski definition) is 5.